The Morgan fingerprint density at radius 2 is 1.85 bits per heavy atom. The minimum absolute atomic E-state index is 0.0365. The van der Waals surface area contributed by atoms with Gasteiger partial charge < -0.3 is 19.7 Å². The van der Waals surface area contributed by atoms with Crippen LogP contribution in [0.5, 0.6) is 5.75 Å². The van der Waals surface area contributed by atoms with Crippen molar-refractivity contribution in [2.75, 3.05) is 43.1 Å². The molecule has 6 nitrogen and oxygen atoms in total. The van der Waals surface area contributed by atoms with Crippen LogP contribution in [0.1, 0.15) is 15.9 Å². The molecule has 4 rings (SSSR count). The lowest BCUT2D eigenvalue weighted by atomic mass is 10.0. The minimum Gasteiger partial charge on any atom is -0.483 e. The van der Waals surface area contributed by atoms with Gasteiger partial charge in [0.2, 0.25) is 0 Å². The Hall–Kier alpha value is -3.59. The number of alkyl halides is 3. The molecule has 33 heavy (non-hydrogen) atoms. The molecule has 1 fully saturated rings. The van der Waals surface area contributed by atoms with Crippen molar-refractivity contribution in [3.8, 4) is 5.75 Å². The molecule has 1 saturated heterocycles. The van der Waals surface area contributed by atoms with Gasteiger partial charge in [0.1, 0.15) is 5.75 Å². The third-order valence-corrected chi connectivity index (χ3v) is 5.36. The Kier molecular flexibility index (Phi) is 6.50. The Labute approximate surface area is 187 Å². The van der Waals surface area contributed by atoms with Crippen LogP contribution in [-0.4, -0.2) is 45.1 Å². The van der Waals surface area contributed by atoms with Gasteiger partial charge in [-0.25, -0.2) is 0 Å². The predicted octanol–water partition coefficient (Wildman–Crippen LogP) is 4.53. The summed E-state index contributed by atoms with van der Waals surface area (Å²) >= 11 is 0. The molecular weight excluding hydrogens is 437 g/mol. The number of nitrogens with zero attached hydrogens (tertiary/aromatic N) is 1. The van der Waals surface area contributed by atoms with Crippen molar-refractivity contribution in [3.63, 3.8) is 0 Å². The van der Waals surface area contributed by atoms with Crippen LogP contribution >= 0.6 is 0 Å². The lowest BCUT2D eigenvalue weighted by molar-refractivity contribution is -0.137. The molecule has 0 aromatic heterocycles. The Morgan fingerprint density at radius 1 is 1.09 bits per heavy atom. The summed E-state index contributed by atoms with van der Waals surface area (Å²) in [7, 11) is 0. The number of aldehydes is 1. The maximum atomic E-state index is 13.3. The highest BCUT2D eigenvalue weighted by Gasteiger charge is 2.32. The number of fused-ring (bicyclic) bond motifs is 1. The fourth-order valence-electron chi connectivity index (χ4n) is 3.75. The summed E-state index contributed by atoms with van der Waals surface area (Å²) in [5.74, 6) is -0.426. The van der Waals surface area contributed by atoms with Crippen LogP contribution in [0, 0.1) is 0 Å². The van der Waals surface area contributed by atoms with E-state index in [0.29, 0.717) is 49.2 Å². The van der Waals surface area contributed by atoms with E-state index in [1.165, 1.54) is 6.07 Å². The predicted molar refractivity (Wildman–Crippen MR) is 118 cm³/mol. The van der Waals surface area contributed by atoms with Crippen molar-refractivity contribution in [1.82, 2.24) is 0 Å². The van der Waals surface area contributed by atoms with Crippen LogP contribution in [0.4, 0.5) is 24.5 Å². The average Bonchev–Trinajstić information content (AvgIpc) is 2.82. The van der Waals surface area contributed by atoms with Crippen molar-refractivity contribution < 1.29 is 32.2 Å². The van der Waals surface area contributed by atoms with Gasteiger partial charge in [-0.1, -0.05) is 30.3 Å². The molecule has 1 aliphatic rings. The molecule has 0 unspecified atom stereocenters. The van der Waals surface area contributed by atoms with Crippen LogP contribution in [0.25, 0.3) is 10.8 Å². The van der Waals surface area contributed by atoms with Crippen molar-refractivity contribution in [2.24, 2.45) is 0 Å². The molecule has 9 heteroatoms. The number of rotatable bonds is 6. The van der Waals surface area contributed by atoms with Gasteiger partial charge in [0.05, 0.1) is 35.7 Å². The smallest absolute Gasteiger partial charge is 0.416 e. The second-order valence-electron chi connectivity index (χ2n) is 7.48. The standard InChI is InChI=1S/C24H21F3N2O4/c25-24(26,27)17-6-7-21(29-9-11-32-12-10-29)20(13-17)28-23(31)15-33-22-8-5-16-3-1-2-4-18(16)19(22)14-30/h1-8,13-14H,9-12,15H2,(H,28,31). The van der Waals surface area contributed by atoms with E-state index in [0.717, 1.165) is 17.5 Å². The Balaban J connectivity index is 1.54. The third-order valence-electron chi connectivity index (χ3n) is 5.36. The first-order valence-electron chi connectivity index (χ1n) is 10.3. The summed E-state index contributed by atoms with van der Waals surface area (Å²) in [6.07, 6.45) is -3.90. The molecule has 3 aromatic carbocycles. The van der Waals surface area contributed by atoms with Gasteiger partial charge in [-0.15, -0.1) is 0 Å². The van der Waals surface area contributed by atoms with E-state index in [-0.39, 0.29) is 11.4 Å². The van der Waals surface area contributed by atoms with Crippen molar-refractivity contribution >= 4 is 34.3 Å². The van der Waals surface area contributed by atoms with Gasteiger partial charge >= 0.3 is 6.18 Å². The number of carbonyl (C=O) groups excluding carboxylic acids is 2. The molecule has 1 N–H and O–H groups in total. The van der Waals surface area contributed by atoms with Crippen LogP contribution < -0.4 is 15.0 Å². The number of morpholine rings is 1. The Bertz CT molecular complexity index is 1170. The highest BCUT2D eigenvalue weighted by molar-refractivity contribution is 6.01. The summed E-state index contributed by atoms with van der Waals surface area (Å²) in [6, 6.07) is 13.8. The van der Waals surface area contributed by atoms with Crippen molar-refractivity contribution in [3.05, 3.63) is 65.7 Å². The first kappa shape index (κ1) is 22.6. The molecule has 1 aliphatic heterocycles. The number of anilines is 2. The molecule has 0 radical (unpaired) electrons. The van der Waals surface area contributed by atoms with Gasteiger partial charge in [0.25, 0.3) is 5.91 Å². The van der Waals surface area contributed by atoms with Crippen LogP contribution in [0.15, 0.2) is 54.6 Å². The van der Waals surface area contributed by atoms with E-state index >= 15 is 0 Å². The van der Waals surface area contributed by atoms with Gasteiger partial charge in [-0.3, -0.25) is 9.59 Å². The lowest BCUT2D eigenvalue weighted by Crippen LogP contribution is -2.37. The van der Waals surface area contributed by atoms with Crippen molar-refractivity contribution in [1.29, 1.82) is 0 Å². The van der Waals surface area contributed by atoms with E-state index < -0.39 is 24.3 Å². The zero-order valence-electron chi connectivity index (χ0n) is 17.5. The second-order valence-corrected chi connectivity index (χ2v) is 7.48. The number of amides is 1. The molecule has 1 heterocycles. The van der Waals surface area contributed by atoms with E-state index in [1.54, 1.807) is 24.3 Å². The maximum absolute atomic E-state index is 13.3. The van der Waals surface area contributed by atoms with E-state index in [1.807, 2.05) is 17.0 Å². The van der Waals surface area contributed by atoms with Gasteiger partial charge in [0.15, 0.2) is 12.9 Å². The zero-order chi connectivity index (χ0) is 23.4. The summed E-state index contributed by atoms with van der Waals surface area (Å²) < 4.78 is 50.6. The largest absolute Gasteiger partial charge is 0.483 e. The van der Waals surface area contributed by atoms with E-state index in [4.69, 9.17) is 9.47 Å². The fourth-order valence-corrected chi connectivity index (χ4v) is 3.75. The topological polar surface area (TPSA) is 67.9 Å². The van der Waals surface area contributed by atoms with Crippen LogP contribution in [0.2, 0.25) is 0 Å². The van der Waals surface area contributed by atoms with E-state index in [2.05, 4.69) is 5.32 Å². The first-order valence-corrected chi connectivity index (χ1v) is 10.3. The quantitative estimate of drug-likeness (QED) is 0.550. The molecule has 0 atom stereocenters. The molecule has 3 aromatic rings. The highest BCUT2D eigenvalue weighted by atomic mass is 19.4. The molecule has 0 spiro atoms. The molecule has 1 amide bonds. The Morgan fingerprint density at radius 3 is 2.58 bits per heavy atom. The number of hydrogen-bond acceptors (Lipinski definition) is 5. The summed E-state index contributed by atoms with van der Waals surface area (Å²) in [6.45, 7) is 1.38. The minimum atomic E-state index is -4.55. The molecular formula is C24H21F3N2O4. The number of carbonyl (C=O) groups is 2. The first-order chi connectivity index (χ1) is 15.9. The molecule has 172 valence electrons. The number of ether oxygens (including phenoxy) is 2. The van der Waals surface area contributed by atoms with Gasteiger partial charge in [-0.2, -0.15) is 13.2 Å². The van der Waals surface area contributed by atoms with Gasteiger partial charge in [-0.05, 0) is 35.0 Å². The number of hydrogen-bond donors (Lipinski definition) is 1. The number of benzene rings is 3. The van der Waals surface area contributed by atoms with Crippen LogP contribution in [0.3, 0.4) is 0 Å². The monoisotopic (exact) mass is 458 g/mol. The van der Waals surface area contributed by atoms with Gasteiger partial charge in [0, 0.05) is 13.1 Å². The summed E-state index contributed by atoms with van der Waals surface area (Å²) in [4.78, 5) is 26.1. The molecule has 0 saturated carbocycles. The maximum Gasteiger partial charge on any atom is 0.416 e. The molecule has 0 bridgehead atoms. The zero-order valence-corrected chi connectivity index (χ0v) is 17.5. The summed E-state index contributed by atoms with van der Waals surface area (Å²) in [5.41, 5.74) is -0.0594. The highest BCUT2D eigenvalue weighted by Crippen LogP contribution is 2.36. The summed E-state index contributed by atoms with van der Waals surface area (Å²) in [5, 5.41) is 4.05. The van der Waals surface area contributed by atoms with Crippen molar-refractivity contribution in [2.45, 2.75) is 6.18 Å². The normalized spacial score (nSPS) is 14.2. The molecule has 0 aliphatic carbocycles. The number of halogens is 3. The second kappa shape index (κ2) is 9.50. The lowest BCUT2D eigenvalue weighted by Gasteiger charge is -2.31. The number of nitrogens with one attached hydrogen (secondary N) is 1. The fraction of sp³-hybridized carbons (Fsp3) is 0.250. The SMILES string of the molecule is O=Cc1c(OCC(=O)Nc2cc(C(F)(F)F)ccc2N2CCOCC2)ccc2ccccc12. The van der Waals surface area contributed by atoms with Crippen LogP contribution in [-0.2, 0) is 15.7 Å². The van der Waals surface area contributed by atoms with E-state index in [9.17, 15) is 22.8 Å². The third kappa shape index (κ3) is 5.09. The average molecular weight is 458 g/mol.